The molecule has 0 bridgehead atoms. The summed E-state index contributed by atoms with van der Waals surface area (Å²) in [7, 11) is 0. The molecule has 0 aliphatic heterocycles. The van der Waals surface area contributed by atoms with E-state index in [1.807, 2.05) is 0 Å². The quantitative estimate of drug-likeness (QED) is 0.441. The SMILES string of the molecule is NNc1ccc(C(=O)Nc2cc([N+](=O)[O-])ccc2Br)nc1. The maximum absolute atomic E-state index is 12.0. The number of rotatable bonds is 4. The Morgan fingerprint density at radius 1 is 1.33 bits per heavy atom. The Labute approximate surface area is 127 Å². The predicted molar refractivity (Wildman–Crippen MR) is 80.8 cm³/mol. The average molecular weight is 352 g/mol. The molecule has 4 N–H and O–H groups in total. The van der Waals surface area contributed by atoms with Crippen LogP contribution in [0, 0.1) is 10.1 Å². The van der Waals surface area contributed by atoms with Crippen LogP contribution in [0.15, 0.2) is 41.0 Å². The van der Waals surface area contributed by atoms with E-state index in [9.17, 15) is 14.9 Å². The highest BCUT2D eigenvalue weighted by atomic mass is 79.9. The molecule has 2 rings (SSSR count). The highest BCUT2D eigenvalue weighted by Gasteiger charge is 2.13. The fraction of sp³-hybridized carbons (Fsp3) is 0. The standard InChI is InChI=1S/C12H10BrN5O3/c13-9-3-2-8(18(20)21)5-11(9)16-12(19)10-4-1-7(17-14)6-15-10/h1-6,17H,14H2,(H,16,19). The second-order valence-electron chi connectivity index (χ2n) is 3.95. The number of carbonyl (C=O) groups is 1. The van der Waals surface area contributed by atoms with Crippen LogP contribution in [0.25, 0.3) is 0 Å². The number of non-ortho nitro benzene ring substituents is 1. The van der Waals surface area contributed by atoms with Crippen molar-refractivity contribution in [3.05, 3.63) is 56.8 Å². The molecule has 1 aromatic heterocycles. The molecule has 1 aromatic carbocycles. The number of nitro groups is 1. The van der Waals surface area contributed by atoms with Crippen LogP contribution >= 0.6 is 15.9 Å². The minimum Gasteiger partial charge on any atom is -0.323 e. The maximum Gasteiger partial charge on any atom is 0.274 e. The van der Waals surface area contributed by atoms with Gasteiger partial charge in [-0.1, -0.05) is 0 Å². The Morgan fingerprint density at radius 3 is 2.67 bits per heavy atom. The number of halogens is 1. The Hall–Kier alpha value is -2.52. The molecule has 1 heterocycles. The molecule has 108 valence electrons. The van der Waals surface area contributed by atoms with Crippen LogP contribution in [-0.2, 0) is 0 Å². The Kier molecular flexibility index (Phi) is 4.45. The lowest BCUT2D eigenvalue weighted by Gasteiger charge is -2.07. The molecule has 0 atom stereocenters. The van der Waals surface area contributed by atoms with Crippen molar-refractivity contribution in [3.63, 3.8) is 0 Å². The molecule has 0 saturated carbocycles. The minimum atomic E-state index is -0.540. The van der Waals surface area contributed by atoms with Crippen LogP contribution in [0.3, 0.4) is 0 Å². The molecule has 0 fully saturated rings. The van der Waals surface area contributed by atoms with Gasteiger partial charge in [-0.3, -0.25) is 20.8 Å². The van der Waals surface area contributed by atoms with Gasteiger partial charge in [0.25, 0.3) is 11.6 Å². The van der Waals surface area contributed by atoms with Crippen molar-refractivity contribution >= 4 is 38.9 Å². The summed E-state index contributed by atoms with van der Waals surface area (Å²) >= 11 is 3.22. The topological polar surface area (TPSA) is 123 Å². The number of nitrogen functional groups attached to an aromatic ring is 1. The molecule has 9 heteroatoms. The summed E-state index contributed by atoms with van der Waals surface area (Å²) in [4.78, 5) is 26.2. The third-order valence-corrected chi connectivity index (χ3v) is 3.26. The lowest BCUT2D eigenvalue weighted by Crippen LogP contribution is -2.15. The van der Waals surface area contributed by atoms with Gasteiger partial charge in [0.1, 0.15) is 5.69 Å². The van der Waals surface area contributed by atoms with E-state index in [0.717, 1.165) is 0 Å². The Morgan fingerprint density at radius 2 is 2.10 bits per heavy atom. The smallest absolute Gasteiger partial charge is 0.274 e. The van der Waals surface area contributed by atoms with E-state index in [1.54, 1.807) is 6.07 Å². The second kappa shape index (κ2) is 6.29. The molecule has 8 nitrogen and oxygen atoms in total. The highest BCUT2D eigenvalue weighted by Crippen LogP contribution is 2.27. The number of amides is 1. The van der Waals surface area contributed by atoms with Crippen molar-refractivity contribution in [1.29, 1.82) is 0 Å². The molecule has 0 aliphatic rings. The van der Waals surface area contributed by atoms with Crippen molar-refractivity contribution in [3.8, 4) is 0 Å². The van der Waals surface area contributed by atoms with Gasteiger partial charge in [-0.15, -0.1) is 0 Å². The normalized spacial score (nSPS) is 10.0. The van der Waals surface area contributed by atoms with E-state index in [-0.39, 0.29) is 17.1 Å². The first-order valence-electron chi connectivity index (χ1n) is 5.69. The van der Waals surface area contributed by atoms with Crippen molar-refractivity contribution in [2.24, 2.45) is 5.84 Å². The van der Waals surface area contributed by atoms with Crippen molar-refractivity contribution in [2.45, 2.75) is 0 Å². The minimum absolute atomic E-state index is 0.121. The van der Waals surface area contributed by atoms with Crippen LogP contribution in [0.2, 0.25) is 0 Å². The average Bonchev–Trinajstić information content (AvgIpc) is 2.49. The van der Waals surface area contributed by atoms with E-state index in [2.05, 4.69) is 31.7 Å². The van der Waals surface area contributed by atoms with Crippen molar-refractivity contribution in [1.82, 2.24) is 4.98 Å². The van der Waals surface area contributed by atoms with E-state index in [4.69, 9.17) is 5.84 Å². The maximum atomic E-state index is 12.0. The van der Waals surface area contributed by atoms with Gasteiger partial charge in [0, 0.05) is 16.6 Å². The molecule has 0 spiro atoms. The van der Waals surface area contributed by atoms with Crippen LogP contribution in [0.1, 0.15) is 10.5 Å². The summed E-state index contributed by atoms with van der Waals surface area (Å²) in [6.07, 6.45) is 1.40. The number of nitrogens with two attached hydrogens (primary N) is 1. The molecular weight excluding hydrogens is 342 g/mol. The van der Waals surface area contributed by atoms with Gasteiger partial charge in [-0.2, -0.15) is 0 Å². The lowest BCUT2D eigenvalue weighted by atomic mass is 10.2. The largest absolute Gasteiger partial charge is 0.323 e. The second-order valence-corrected chi connectivity index (χ2v) is 4.81. The van der Waals surface area contributed by atoms with Crippen molar-refractivity contribution in [2.75, 3.05) is 10.7 Å². The van der Waals surface area contributed by atoms with Crippen LogP contribution < -0.4 is 16.6 Å². The molecule has 0 unspecified atom stereocenters. The molecule has 0 aliphatic carbocycles. The van der Waals surface area contributed by atoms with Crippen LogP contribution in [0.4, 0.5) is 17.1 Å². The van der Waals surface area contributed by atoms with Gasteiger partial charge in [0.2, 0.25) is 0 Å². The first kappa shape index (κ1) is 14.9. The number of nitrogens with one attached hydrogen (secondary N) is 2. The third-order valence-electron chi connectivity index (χ3n) is 2.57. The van der Waals surface area contributed by atoms with E-state index < -0.39 is 10.8 Å². The summed E-state index contributed by atoms with van der Waals surface area (Å²) in [5.41, 5.74) is 3.28. The summed E-state index contributed by atoms with van der Waals surface area (Å²) < 4.78 is 0.529. The van der Waals surface area contributed by atoms with Crippen LogP contribution in [-0.4, -0.2) is 15.8 Å². The zero-order valence-electron chi connectivity index (χ0n) is 10.5. The number of nitrogens with zero attached hydrogens (tertiary/aromatic N) is 2. The summed E-state index contributed by atoms with van der Waals surface area (Å²) in [5.74, 6) is 4.72. The van der Waals surface area contributed by atoms with Gasteiger partial charge in [0.05, 0.1) is 22.5 Å². The number of aromatic nitrogens is 1. The molecule has 0 saturated heterocycles. The first-order valence-corrected chi connectivity index (χ1v) is 6.48. The molecular formula is C12H10BrN5O3. The number of carbonyl (C=O) groups excluding carboxylic acids is 1. The summed E-state index contributed by atoms with van der Waals surface area (Å²) in [6, 6.07) is 7.15. The van der Waals surface area contributed by atoms with Gasteiger partial charge < -0.3 is 10.7 Å². The first-order chi connectivity index (χ1) is 10.0. The monoisotopic (exact) mass is 351 g/mol. The zero-order chi connectivity index (χ0) is 15.4. The number of hydrogen-bond donors (Lipinski definition) is 3. The number of pyridine rings is 1. The number of benzene rings is 1. The number of hydrazine groups is 1. The van der Waals surface area contributed by atoms with E-state index >= 15 is 0 Å². The number of nitro benzene ring substituents is 1. The fourth-order valence-electron chi connectivity index (χ4n) is 1.52. The molecule has 1 amide bonds. The number of hydrogen-bond acceptors (Lipinski definition) is 6. The van der Waals surface area contributed by atoms with E-state index in [1.165, 1.54) is 30.5 Å². The number of anilines is 2. The summed E-state index contributed by atoms with van der Waals surface area (Å²) in [5, 5.41) is 13.3. The fourth-order valence-corrected chi connectivity index (χ4v) is 1.87. The van der Waals surface area contributed by atoms with Gasteiger partial charge in [-0.25, -0.2) is 4.98 Å². The highest BCUT2D eigenvalue weighted by molar-refractivity contribution is 9.10. The lowest BCUT2D eigenvalue weighted by molar-refractivity contribution is -0.384. The summed E-state index contributed by atoms with van der Waals surface area (Å²) in [6.45, 7) is 0. The van der Waals surface area contributed by atoms with Crippen LogP contribution in [0.5, 0.6) is 0 Å². The molecule has 0 radical (unpaired) electrons. The predicted octanol–water partition coefficient (Wildman–Crippen LogP) is 2.29. The zero-order valence-corrected chi connectivity index (χ0v) is 12.1. The Balaban J connectivity index is 2.22. The van der Waals surface area contributed by atoms with Gasteiger partial charge in [-0.05, 0) is 34.1 Å². The Bertz CT molecular complexity index is 690. The third kappa shape index (κ3) is 3.52. The molecule has 2 aromatic rings. The van der Waals surface area contributed by atoms with Gasteiger partial charge >= 0.3 is 0 Å². The van der Waals surface area contributed by atoms with Crippen molar-refractivity contribution < 1.29 is 9.72 Å². The van der Waals surface area contributed by atoms with E-state index in [0.29, 0.717) is 10.2 Å². The van der Waals surface area contributed by atoms with Gasteiger partial charge in [0.15, 0.2) is 0 Å². The molecule has 21 heavy (non-hydrogen) atoms.